The number of nitrogens with one attached hydrogen (secondary N) is 2. The molecule has 4 heterocycles. The van der Waals surface area contributed by atoms with Crippen molar-refractivity contribution in [2.24, 2.45) is 27.9 Å². The summed E-state index contributed by atoms with van der Waals surface area (Å²) in [5.74, 6) is -2.40. The van der Waals surface area contributed by atoms with Crippen molar-refractivity contribution in [3.63, 3.8) is 0 Å². The van der Waals surface area contributed by atoms with Crippen molar-refractivity contribution in [1.82, 2.24) is 38.7 Å². The number of methoxy groups -OCH3 is 2. The Labute approximate surface area is 383 Å². The maximum atomic E-state index is 13.8. The minimum atomic E-state index is -0.784. The van der Waals surface area contributed by atoms with Gasteiger partial charge in [-0.25, -0.2) is 14.8 Å². The molecule has 23 heteroatoms. The second-order valence-corrected chi connectivity index (χ2v) is 14.7. The number of fused-ring (bicyclic) bond motifs is 2. The van der Waals surface area contributed by atoms with Gasteiger partial charge in [0.15, 0.2) is 0 Å². The van der Waals surface area contributed by atoms with Gasteiger partial charge in [-0.1, -0.05) is 18.2 Å². The highest BCUT2D eigenvalue weighted by Gasteiger charge is 2.24. The fraction of sp³-hybridized carbons (Fsp3) is 0.273. The number of carbonyl (C=O) groups is 5. The van der Waals surface area contributed by atoms with Crippen molar-refractivity contribution in [2.75, 3.05) is 38.0 Å². The van der Waals surface area contributed by atoms with E-state index in [2.05, 4.69) is 35.5 Å². The first kappa shape index (κ1) is 47.7. The first-order chi connectivity index (χ1) is 32.1. The minimum Gasteiger partial charge on any atom is -0.494 e. The van der Waals surface area contributed by atoms with Crippen molar-refractivity contribution < 1.29 is 38.2 Å². The standard InChI is InChI=1S/C44H51N15O8/c1-7-58-31(17-24(3)54-58)40(62)52-43-50-29-19-26(38(47)60)21-33(65-5)36(29)56(43)14-10-11-15-57-37-30(51-44(57)53-41(63)32-18-25(4)55-59(32)8-2)20-27(39(48)61)22-34(37)67-16-12-9-13-49-23-28(45)35(46)42(64)66-6/h9-12,17-23H,7-8,13-16,45-46H2,1-6H3,(H2,47,60)(H2,48,61)(H,50,52,62)(H,51,53,63)/b11-10+,12-9+,35-28+,49-23?. The van der Waals surface area contributed by atoms with E-state index in [-0.39, 0.29) is 77.7 Å². The summed E-state index contributed by atoms with van der Waals surface area (Å²) in [7, 11) is 2.62. The van der Waals surface area contributed by atoms with E-state index in [1.807, 2.05) is 13.8 Å². The molecule has 0 saturated carbocycles. The van der Waals surface area contributed by atoms with Crippen LogP contribution in [0.3, 0.4) is 0 Å². The van der Waals surface area contributed by atoms with Crippen LogP contribution < -0.4 is 43.0 Å². The molecule has 0 bridgehead atoms. The number of primary amides is 2. The van der Waals surface area contributed by atoms with Crippen LogP contribution in [0.5, 0.6) is 11.5 Å². The molecule has 23 nitrogen and oxygen atoms in total. The van der Waals surface area contributed by atoms with E-state index in [1.54, 1.807) is 68.8 Å². The van der Waals surface area contributed by atoms with Gasteiger partial charge in [-0.15, -0.1) is 0 Å². The topological polar surface area (TPSA) is 325 Å². The molecular formula is C44H51N15O8. The lowest BCUT2D eigenvalue weighted by Gasteiger charge is -2.13. The number of ether oxygens (including phenoxy) is 3. The molecule has 0 aliphatic rings. The number of nitrogens with zero attached hydrogens (tertiary/aromatic N) is 9. The lowest BCUT2D eigenvalue weighted by molar-refractivity contribution is -0.136. The molecule has 0 fully saturated rings. The van der Waals surface area contributed by atoms with Crippen LogP contribution in [0.4, 0.5) is 11.9 Å². The molecule has 67 heavy (non-hydrogen) atoms. The third kappa shape index (κ3) is 10.6. The monoisotopic (exact) mass is 917 g/mol. The predicted molar refractivity (Wildman–Crippen MR) is 249 cm³/mol. The number of hydrogen-bond donors (Lipinski definition) is 6. The number of imidazole rings is 2. The molecule has 2 aromatic carbocycles. The molecule has 0 spiro atoms. The van der Waals surface area contributed by atoms with E-state index in [0.29, 0.717) is 52.4 Å². The molecule has 0 aliphatic carbocycles. The number of carbonyl (C=O) groups excluding carboxylic acids is 5. The van der Waals surface area contributed by atoms with Crippen LogP contribution in [-0.4, -0.2) is 102 Å². The molecule has 6 rings (SSSR count). The van der Waals surface area contributed by atoms with E-state index in [1.165, 1.54) is 44.7 Å². The lowest BCUT2D eigenvalue weighted by atomic mass is 10.1. The zero-order valence-electron chi connectivity index (χ0n) is 37.7. The summed E-state index contributed by atoms with van der Waals surface area (Å²) in [6.45, 7) is 8.54. The maximum Gasteiger partial charge on any atom is 0.356 e. The van der Waals surface area contributed by atoms with Gasteiger partial charge in [0.25, 0.3) is 11.8 Å². The van der Waals surface area contributed by atoms with Gasteiger partial charge in [-0.3, -0.25) is 44.2 Å². The van der Waals surface area contributed by atoms with Crippen molar-refractivity contribution in [2.45, 2.75) is 53.9 Å². The molecule has 0 saturated heterocycles. The van der Waals surface area contributed by atoms with E-state index in [9.17, 15) is 24.0 Å². The molecular weight excluding hydrogens is 867 g/mol. The summed E-state index contributed by atoms with van der Waals surface area (Å²) < 4.78 is 23.0. The number of amides is 4. The van der Waals surface area contributed by atoms with Crippen LogP contribution in [0, 0.1) is 13.8 Å². The molecule has 4 amide bonds. The third-order valence-electron chi connectivity index (χ3n) is 10.1. The normalized spacial score (nSPS) is 12.1. The van der Waals surface area contributed by atoms with E-state index >= 15 is 0 Å². The number of aryl methyl sites for hydroxylation is 4. The summed E-state index contributed by atoms with van der Waals surface area (Å²) >= 11 is 0. The molecule has 0 radical (unpaired) electrons. The zero-order chi connectivity index (χ0) is 48.5. The molecule has 10 N–H and O–H groups in total. The smallest absolute Gasteiger partial charge is 0.356 e. The number of rotatable bonds is 20. The molecule has 4 aromatic heterocycles. The Morgan fingerprint density at radius 2 is 1.18 bits per heavy atom. The highest BCUT2D eigenvalue weighted by Crippen LogP contribution is 2.33. The fourth-order valence-electron chi connectivity index (χ4n) is 6.98. The number of hydrogen-bond acceptors (Lipinski definition) is 15. The SMILES string of the molecule is CCn1nc(C)cc1C(=O)Nc1nc2cc(C(N)=O)cc(OC)c2n1C/C=C/Cn1c(NC(=O)c2cc(C)nn2CC)nc2cc(C(N)=O)cc(OC/C=C/CN=C/C(N)=C(\N)C(=O)OC)c21. The molecule has 6 aromatic rings. The fourth-order valence-corrected chi connectivity index (χ4v) is 6.98. The number of allylic oxidation sites excluding steroid dienone is 3. The summed E-state index contributed by atoms with van der Waals surface area (Å²) in [5, 5.41) is 14.6. The van der Waals surface area contributed by atoms with Crippen LogP contribution in [0.1, 0.15) is 66.9 Å². The number of aliphatic imine (C=N–C) groups is 1. The van der Waals surface area contributed by atoms with Crippen LogP contribution in [-0.2, 0) is 35.7 Å². The third-order valence-corrected chi connectivity index (χ3v) is 10.1. The quantitative estimate of drug-likeness (QED) is 0.0278. The lowest BCUT2D eigenvalue weighted by Crippen LogP contribution is -2.20. The van der Waals surface area contributed by atoms with Gasteiger partial charge in [0, 0.05) is 43.5 Å². The van der Waals surface area contributed by atoms with Gasteiger partial charge >= 0.3 is 5.97 Å². The second-order valence-electron chi connectivity index (χ2n) is 14.7. The van der Waals surface area contributed by atoms with Crippen molar-refractivity contribution in [1.29, 1.82) is 0 Å². The number of nitrogens with two attached hydrogens (primary N) is 4. The summed E-state index contributed by atoms with van der Waals surface area (Å²) in [6.07, 6.45) is 8.18. The molecule has 0 aliphatic heterocycles. The van der Waals surface area contributed by atoms with Crippen molar-refractivity contribution >= 4 is 69.8 Å². The minimum absolute atomic E-state index is 0.000241. The van der Waals surface area contributed by atoms with Gasteiger partial charge in [0.1, 0.15) is 46.2 Å². The number of esters is 1. The first-order valence-electron chi connectivity index (χ1n) is 20.8. The van der Waals surface area contributed by atoms with Crippen LogP contribution in [0.15, 0.2) is 77.1 Å². The second kappa shape index (κ2) is 20.8. The van der Waals surface area contributed by atoms with Gasteiger partial charge < -0.3 is 46.3 Å². The highest BCUT2D eigenvalue weighted by atomic mass is 16.5. The number of anilines is 2. The summed E-state index contributed by atoms with van der Waals surface area (Å²) in [5.41, 5.74) is 26.2. The van der Waals surface area contributed by atoms with Crippen molar-refractivity contribution in [3.05, 3.63) is 106 Å². The Balaban J connectivity index is 1.37. The Kier molecular flexibility index (Phi) is 14.8. The molecule has 0 atom stereocenters. The summed E-state index contributed by atoms with van der Waals surface area (Å²) in [6, 6.07) is 9.30. The predicted octanol–water partition coefficient (Wildman–Crippen LogP) is 2.71. The largest absolute Gasteiger partial charge is 0.494 e. The maximum absolute atomic E-state index is 13.8. The average molecular weight is 918 g/mol. The van der Waals surface area contributed by atoms with E-state index < -0.39 is 29.6 Å². The van der Waals surface area contributed by atoms with Gasteiger partial charge in [-0.2, -0.15) is 10.2 Å². The van der Waals surface area contributed by atoms with Crippen LogP contribution in [0.25, 0.3) is 22.1 Å². The van der Waals surface area contributed by atoms with Gasteiger partial charge in [0.2, 0.25) is 23.7 Å². The first-order valence-corrected chi connectivity index (χ1v) is 20.8. The van der Waals surface area contributed by atoms with Gasteiger partial charge in [-0.05, 0) is 70.2 Å². The Morgan fingerprint density at radius 1 is 0.687 bits per heavy atom. The Hall–Kier alpha value is -8.76. The Bertz CT molecular complexity index is 3020. The van der Waals surface area contributed by atoms with E-state index in [4.69, 9.17) is 37.4 Å². The van der Waals surface area contributed by atoms with E-state index in [0.717, 1.165) is 0 Å². The van der Waals surface area contributed by atoms with Crippen LogP contribution in [0.2, 0.25) is 0 Å². The number of aromatic nitrogens is 8. The van der Waals surface area contributed by atoms with Crippen molar-refractivity contribution in [3.8, 4) is 11.5 Å². The zero-order valence-corrected chi connectivity index (χ0v) is 37.7. The summed E-state index contributed by atoms with van der Waals surface area (Å²) in [4.78, 5) is 77.5. The molecule has 350 valence electrons. The highest BCUT2D eigenvalue weighted by molar-refractivity contribution is 6.05. The van der Waals surface area contributed by atoms with Gasteiger partial charge in [0.05, 0.1) is 48.9 Å². The Morgan fingerprint density at radius 3 is 1.64 bits per heavy atom. The molecule has 0 unspecified atom stereocenters. The average Bonchev–Trinajstić information content (AvgIpc) is 4.08. The number of benzene rings is 2. The van der Waals surface area contributed by atoms with Crippen LogP contribution >= 0.6 is 0 Å².